The molecule has 0 bridgehead atoms. The normalized spacial score (nSPS) is 13.8. The summed E-state index contributed by atoms with van der Waals surface area (Å²) in [5, 5.41) is 8.19. The zero-order chi connectivity index (χ0) is 40.7. The van der Waals surface area contributed by atoms with Crippen molar-refractivity contribution in [1.82, 2.24) is 0 Å². The first-order chi connectivity index (χ1) is 25.3. The number of allylic oxidation sites excluding steroid dienone is 2. The fourth-order valence-corrected chi connectivity index (χ4v) is 5.76. The zero-order valence-corrected chi connectivity index (χ0v) is 33.4. The van der Waals surface area contributed by atoms with Crippen molar-refractivity contribution in [1.29, 1.82) is 0 Å². The Morgan fingerprint density at radius 1 is 0.585 bits per heavy atom. The van der Waals surface area contributed by atoms with Gasteiger partial charge in [0.25, 0.3) is 0 Å². The van der Waals surface area contributed by atoms with Crippen molar-refractivity contribution >= 4 is 66.8 Å². The third kappa shape index (κ3) is 14.5. The van der Waals surface area contributed by atoms with E-state index in [0.717, 1.165) is 56.9 Å². The monoisotopic (exact) mass is 888 g/mol. The summed E-state index contributed by atoms with van der Waals surface area (Å²) < 4.78 is 37.5. The van der Waals surface area contributed by atoms with E-state index in [0.29, 0.717) is 31.5 Å². The molecular formula is C32H44Cl2N2O16Pd-2. The number of hydrogen-bond acceptors (Lipinski definition) is 16. The van der Waals surface area contributed by atoms with Gasteiger partial charge < -0.3 is 48.5 Å². The van der Waals surface area contributed by atoms with Crippen LogP contribution in [0.1, 0.15) is 12.8 Å². The van der Waals surface area contributed by atoms with Gasteiger partial charge in [-0.2, -0.15) is 6.20 Å². The molecule has 1 fully saturated rings. The van der Waals surface area contributed by atoms with Crippen molar-refractivity contribution in [2.45, 2.75) is 12.8 Å². The van der Waals surface area contributed by atoms with Crippen LogP contribution in [0, 0.1) is 41.4 Å². The molecule has 2 rings (SSSR count). The van der Waals surface area contributed by atoms with Crippen molar-refractivity contribution in [3.63, 3.8) is 0 Å². The van der Waals surface area contributed by atoms with Crippen LogP contribution < -0.4 is 0 Å². The van der Waals surface area contributed by atoms with Crippen LogP contribution in [-0.2, 0) is 92.2 Å². The fourth-order valence-electron chi connectivity index (χ4n) is 5.76. The molecule has 0 radical (unpaired) electrons. The van der Waals surface area contributed by atoms with E-state index in [1.165, 1.54) is 12.3 Å². The Balaban J connectivity index is 0.000000949. The van der Waals surface area contributed by atoms with Crippen molar-refractivity contribution in [2.75, 3.05) is 76.5 Å². The first-order valence-electron chi connectivity index (χ1n) is 15.4. The number of methoxy groups -OCH3 is 8. The van der Waals surface area contributed by atoms with E-state index in [4.69, 9.17) is 38.0 Å². The zero-order valence-electron chi connectivity index (χ0n) is 30.3. The Labute approximate surface area is 323 Å². The quantitative estimate of drug-likeness (QED) is 0.105. The molecule has 0 unspecified atom stereocenters. The SMILES string of the molecule is COC(=O)C(C(=O)OC)C(C1=CC[N-]C=C1)C(C(=O)OC)C(=O)OC.COC(=O)C(C(=O)OC)C(C1CC[N-]CC1)C(C(=O)OC)C(=O)OC.[Cl][Pd][Cl]. The van der Waals surface area contributed by atoms with Crippen molar-refractivity contribution in [2.24, 2.45) is 41.4 Å². The van der Waals surface area contributed by atoms with Gasteiger partial charge in [0, 0.05) is 11.8 Å². The third-order valence-corrected chi connectivity index (χ3v) is 8.18. The van der Waals surface area contributed by atoms with Crippen LogP contribution in [0.2, 0.25) is 0 Å². The fraction of sp³-hybridized carbons (Fsp3) is 0.625. The molecule has 2 aliphatic rings. The number of hydrogen-bond donors (Lipinski definition) is 0. The van der Waals surface area contributed by atoms with Crippen LogP contribution >= 0.6 is 19.1 Å². The molecular weight excluding hydrogens is 846 g/mol. The molecule has 2 heterocycles. The van der Waals surface area contributed by atoms with Gasteiger partial charge in [-0.25, -0.2) is 0 Å². The molecule has 0 N–H and O–H groups in total. The second-order valence-electron chi connectivity index (χ2n) is 10.6. The van der Waals surface area contributed by atoms with Crippen LogP contribution in [0.15, 0.2) is 23.9 Å². The van der Waals surface area contributed by atoms with Gasteiger partial charge in [0.2, 0.25) is 0 Å². The number of ether oxygens (including phenoxy) is 8. The number of halogens is 2. The van der Waals surface area contributed by atoms with E-state index in [9.17, 15) is 38.4 Å². The topological polar surface area (TPSA) is 239 Å². The van der Waals surface area contributed by atoms with Crippen LogP contribution in [-0.4, -0.2) is 124 Å². The number of rotatable bonds is 14. The van der Waals surface area contributed by atoms with Crippen molar-refractivity contribution in [3.8, 4) is 0 Å². The molecule has 21 heteroatoms. The minimum atomic E-state index is -1.56. The maximum atomic E-state index is 12.3. The van der Waals surface area contributed by atoms with Crippen LogP contribution in [0.3, 0.4) is 0 Å². The van der Waals surface area contributed by atoms with Gasteiger partial charge in [0.1, 0.15) is 0 Å². The van der Waals surface area contributed by atoms with Crippen molar-refractivity contribution < 1.29 is 92.2 Å². The molecule has 0 aliphatic carbocycles. The minimum absolute atomic E-state index is 0.106. The van der Waals surface area contributed by atoms with E-state index in [-0.39, 0.29) is 28.4 Å². The van der Waals surface area contributed by atoms with E-state index in [2.05, 4.69) is 29.6 Å². The summed E-state index contributed by atoms with van der Waals surface area (Å²) in [6, 6.07) is 0. The number of esters is 8. The Bertz CT molecular complexity index is 1190. The average molecular weight is 890 g/mol. The molecule has 0 saturated carbocycles. The summed E-state index contributed by atoms with van der Waals surface area (Å²) in [5.74, 6) is -15.9. The van der Waals surface area contributed by atoms with Gasteiger partial charge in [0.05, 0.1) is 56.9 Å². The number of piperidine rings is 1. The second kappa shape index (κ2) is 26.9. The van der Waals surface area contributed by atoms with E-state index >= 15 is 0 Å². The Kier molecular flexibility index (Phi) is 25.0. The molecule has 0 atom stereocenters. The van der Waals surface area contributed by atoms with Gasteiger partial charge in [-0.15, -0.1) is 19.6 Å². The van der Waals surface area contributed by atoms with Gasteiger partial charge in [0.15, 0.2) is 23.7 Å². The number of nitrogens with zero attached hydrogens (tertiary/aromatic N) is 2. The van der Waals surface area contributed by atoms with E-state index in [1.54, 1.807) is 6.08 Å². The molecule has 53 heavy (non-hydrogen) atoms. The van der Waals surface area contributed by atoms with Gasteiger partial charge in [-0.1, -0.05) is 25.0 Å². The predicted octanol–water partition coefficient (Wildman–Crippen LogP) is 2.04. The predicted molar refractivity (Wildman–Crippen MR) is 180 cm³/mol. The summed E-state index contributed by atoms with van der Waals surface area (Å²) in [6.07, 6.45) is 5.55. The van der Waals surface area contributed by atoms with Crippen LogP contribution in [0.5, 0.6) is 0 Å². The third-order valence-electron chi connectivity index (χ3n) is 8.18. The molecule has 0 spiro atoms. The van der Waals surface area contributed by atoms with E-state index in [1.807, 2.05) is 0 Å². The van der Waals surface area contributed by atoms with Gasteiger partial charge in [-0.05, 0) is 11.5 Å². The Morgan fingerprint density at radius 2 is 0.887 bits per heavy atom. The van der Waals surface area contributed by atoms with Crippen LogP contribution in [0.25, 0.3) is 10.6 Å². The molecule has 304 valence electrons. The number of carbonyl (C=O) groups is 8. The summed E-state index contributed by atoms with van der Waals surface area (Å²) in [6.45, 7) is 1.27. The van der Waals surface area contributed by atoms with Crippen molar-refractivity contribution in [3.05, 3.63) is 34.6 Å². The maximum absolute atomic E-state index is 12.3. The molecule has 1 saturated heterocycles. The molecule has 0 aromatic carbocycles. The molecule has 0 amide bonds. The summed E-state index contributed by atoms with van der Waals surface area (Å²) in [7, 11) is 18.5. The average Bonchev–Trinajstić information content (AvgIpc) is 3.19. The first-order valence-corrected chi connectivity index (χ1v) is 19.4. The van der Waals surface area contributed by atoms with Crippen LogP contribution in [0.4, 0.5) is 0 Å². The number of carbonyl (C=O) groups excluding carboxylic acids is 8. The summed E-state index contributed by atoms with van der Waals surface area (Å²) in [4.78, 5) is 98.0. The van der Waals surface area contributed by atoms with Gasteiger partial charge >= 0.3 is 82.8 Å². The molecule has 0 aromatic rings. The Morgan fingerprint density at radius 3 is 1.15 bits per heavy atom. The molecule has 0 aromatic heterocycles. The first kappa shape index (κ1) is 49.2. The summed E-state index contributed by atoms with van der Waals surface area (Å²) in [5.41, 5.74) is 0.372. The Hall–Kier alpha value is -3.76. The second-order valence-corrected chi connectivity index (χ2v) is 13.0. The molecule has 18 nitrogen and oxygen atoms in total. The van der Waals surface area contributed by atoms with Gasteiger partial charge in [-0.3, -0.25) is 38.4 Å². The molecule has 2 aliphatic heterocycles. The van der Waals surface area contributed by atoms with E-state index < -0.39 is 83.3 Å². The standard InChI is InChI=1S/C16H24NO8.C16H20NO8.2ClH.Pd/c2*1-22-13(18)11(14(19)23-2)10(9-5-7-17-8-6-9)12(15(20)24-3)16(21)25-4;;;/h9-12H,5-8H2,1-4H3;5-7,10-12H,8H2,1-4H3;2*1H;/q2*-1;;;+2/p-2. The summed E-state index contributed by atoms with van der Waals surface area (Å²) >= 11 is -0.106.